The van der Waals surface area contributed by atoms with Gasteiger partial charge in [-0.2, -0.15) is 0 Å². The SMILES string of the molecule is CCC/C=C\C/C=C\CCCCCCCC(=O)NC(COP(=O)(O)OCC[N+](C)(C)C)C(O)CCCCCCCCCCCCCCCCCCCCCCCCCCCCCCC. The number of hydrogen-bond donors (Lipinski definition) is 3. The first kappa shape index (κ1) is 63.0. The van der Waals surface area contributed by atoms with E-state index >= 15 is 0 Å². The number of unbranched alkanes of at least 4 members (excludes halogenated alkanes) is 34. The van der Waals surface area contributed by atoms with Gasteiger partial charge < -0.3 is 19.8 Å². The number of likely N-dealkylation sites (N-methyl/N-ethyl adjacent to an activating group) is 1. The topological polar surface area (TPSA) is 105 Å². The highest BCUT2D eigenvalue weighted by molar-refractivity contribution is 7.47. The van der Waals surface area contributed by atoms with Crippen LogP contribution in [0.3, 0.4) is 0 Å². The second-order valence-corrected chi connectivity index (χ2v) is 21.8. The van der Waals surface area contributed by atoms with Crippen LogP contribution in [0.2, 0.25) is 0 Å². The quantitative estimate of drug-likeness (QED) is 0.0243. The van der Waals surface area contributed by atoms with Crippen molar-refractivity contribution in [1.29, 1.82) is 0 Å². The summed E-state index contributed by atoms with van der Waals surface area (Å²) in [5.74, 6) is -0.156. The highest BCUT2D eigenvalue weighted by atomic mass is 31.2. The number of carbonyl (C=O) groups excluding carboxylic acids is 1. The van der Waals surface area contributed by atoms with Gasteiger partial charge in [-0.15, -0.1) is 0 Å². The predicted octanol–water partition coefficient (Wildman–Crippen LogP) is 16.4. The molecule has 0 saturated heterocycles. The van der Waals surface area contributed by atoms with Gasteiger partial charge in [0.15, 0.2) is 0 Å². The summed E-state index contributed by atoms with van der Waals surface area (Å²) < 4.78 is 23.7. The summed E-state index contributed by atoms with van der Waals surface area (Å²) >= 11 is 0. The molecule has 0 aliphatic rings. The van der Waals surface area contributed by atoms with Crippen LogP contribution in [-0.4, -0.2) is 73.4 Å². The van der Waals surface area contributed by atoms with Crippen molar-refractivity contribution >= 4 is 13.7 Å². The lowest BCUT2D eigenvalue weighted by atomic mass is 10.0. The van der Waals surface area contributed by atoms with E-state index in [0.717, 1.165) is 70.6 Å². The first-order valence-electron chi connectivity index (χ1n) is 27.7. The molecule has 3 N–H and O–H groups in total. The number of aliphatic hydroxyl groups excluding tert-OH is 1. The lowest BCUT2D eigenvalue weighted by Crippen LogP contribution is -2.46. The molecular formula is C55H110N2O6P+. The summed E-state index contributed by atoms with van der Waals surface area (Å²) in [5, 5.41) is 14.0. The minimum absolute atomic E-state index is 0.0726. The number of rotatable bonds is 51. The summed E-state index contributed by atoms with van der Waals surface area (Å²) in [7, 11) is 1.61. The molecule has 1 amide bonds. The maximum atomic E-state index is 12.9. The smallest absolute Gasteiger partial charge is 0.391 e. The van der Waals surface area contributed by atoms with E-state index in [1.165, 1.54) is 173 Å². The second kappa shape index (κ2) is 47.1. The zero-order valence-electron chi connectivity index (χ0n) is 43.3. The van der Waals surface area contributed by atoms with E-state index in [-0.39, 0.29) is 19.1 Å². The molecule has 3 unspecified atom stereocenters. The van der Waals surface area contributed by atoms with Gasteiger partial charge in [0.25, 0.3) is 0 Å². The molecule has 0 aromatic carbocycles. The van der Waals surface area contributed by atoms with Crippen molar-refractivity contribution in [3.63, 3.8) is 0 Å². The molecule has 0 saturated carbocycles. The lowest BCUT2D eigenvalue weighted by Gasteiger charge is -2.26. The average Bonchev–Trinajstić information content (AvgIpc) is 3.25. The Labute approximate surface area is 398 Å². The van der Waals surface area contributed by atoms with Crippen molar-refractivity contribution in [2.45, 2.75) is 283 Å². The maximum Gasteiger partial charge on any atom is 0.472 e. The minimum atomic E-state index is -4.32. The fourth-order valence-corrected chi connectivity index (χ4v) is 9.06. The molecule has 0 radical (unpaired) electrons. The van der Waals surface area contributed by atoms with Crippen LogP contribution in [0.1, 0.15) is 271 Å². The van der Waals surface area contributed by atoms with Crippen LogP contribution in [0.25, 0.3) is 0 Å². The lowest BCUT2D eigenvalue weighted by molar-refractivity contribution is -0.870. The summed E-state index contributed by atoms with van der Waals surface area (Å²) in [5.41, 5.74) is 0. The Bertz CT molecular complexity index is 1090. The third kappa shape index (κ3) is 48.9. The van der Waals surface area contributed by atoms with E-state index < -0.39 is 20.0 Å². The molecule has 0 aliphatic carbocycles. The van der Waals surface area contributed by atoms with Gasteiger partial charge >= 0.3 is 7.82 Å². The van der Waals surface area contributed by atoms with Crippen LogP contribution < -0.4 is 5.32 Å². The molecule has 0 aliphatic heterocycles. The molecule has 8 nitrogen and oxygen atoms in total. The van der Waals surface area contributed by atoms with Gasteiger partial charge in [-0.25, -0.2) is 4.57 Å². The summed E-state index contributed by atoms with van der Waals surface area (Å²) in [6.45, 7) is 4.84. The van der Waals surface area contributed by atoms with E-state index in [0.29, 0.717) is 23.9 Å². The van der Waals surface area contributed by atoms with E-state index in [1.54, 1.807) is 0 Å². The first-order chi connectivity index (χ1) is 31.0. The van der Waals surface area contributed by atoms with Gasteiger partial charge in [0, 0.05) is 6.42 Å². The predicted molar refractivity (Wildman–Crippen MR) is 277 cm³/mol. The van der Waals surface area contributed by atoms with Gasteiger partial charge in [0.05, 0.1) is 39.9 Å². The van der Waals surface area contributed by atoms with Gasteiger partial charge in [-0.05, 0) is 38.5 Å². The van der Waals surface area contributed by atoms with E-state index in [9.17, 15) is 19.4 Å². The molecule has 0 spiro atoms. The van der Waals surface area contributed by atoms with E-state index in [2.05, 4.69) is 43.5 Å². The number of phosphoric ester groups is 1. The molecule has 0 bridgehead atoms. The van der Waals surface area contributed by atoms with Gasteiger partial charge in [0.2, 0.25) is 5.91 Å². The molecule has 3 atom stereocenters. The number of allylic oxidation sites excluding steroid dienone is 4. The van der Waals surface area contributed by atoms with Crippen LogP contribution in [0.4, 0.5) is 0 Å². The van der Waals surface area contributed by atoms with Crippen molar-refractivity contribution < 1.29 is 32.9 Å². The molecular weight excluding hydrogens is 816 g/mol. The third-order valence-electron chi connectivity index (χ3n) is 12.7. The highest BCUT2D eigenvalue weighted by Gasteiger charge is 2.28. The Morgan fingerprint density at radius 1 is 0.531 bits per heavy atom. The van der Waals surface area contributed by atoms with Crippen molar-refractivity contribution in [1.82, 2.24) is 5.32 Å². The summed E-state index contributed by atoms with van der Waals surface area (Å²) in [4.78, 5) is 23.2. The van der Waals surface area contributed by atoms with Crippen molar-refractivity contribution in [2.75, 3.05) is 40.9 Å². The summed E-state index contributed by atoms with van der Waals surface area (Å²) in [6.07, 6.45) is 58.2. The third-order valence-corrected chi connectivity index (χ3v) is 13.7. The standard InChI is InChI=1S/C55H109N2O6P/c1-6-8-10-12-14-16-18-20-21-22-23-24-25-26-27-28-29-30-31-32-33-34-35-37-38-40-42-44-46-48-54(58)53(52-63-64(60,61)62-51-50-57(3,4)5)56-55(59)49-47-45-43-41-39-36-19-17-15-13-11-9-7-2/h11,13,17,19,53-54,58H,6-10,12,14-16,18,20-52H2,1-5H3,(H-,56,59,60,61)/p+1/b13-11-,19-17-. The molecule has 0 rings (SSSR count). The van der Waals surface area contributed by atoms with Crippen LogP contribution in [0.5, 0.6) is 0 Å². The fourth-order valence-electron chi connectivity index (χ4n) is 8.32. The van der Waals surface area contributed by atoms with Crippen LogP contribution in [0.15, 0.2) is 24.3 Å². The number of quaternary nitrogens is 1. The molecule has 0 aromatic heterocycles. The number of carbonyl (C=O) groups is 1. The number of amides is 1. The number of phosphoric acid groups is 1. The Balaban J connectivity index is 4.05. The monoisotopic (exact) mass is 926 g/mol. The first-order valence-corrected chi connectivity index (χ1v) is 29.2. The normalized spacial score (nSPS) is 14.2. The Morgan fingerprint density at radius 3 is 1.34 bits per heavy atom. The van der Waals surface area contributed by atoms with Gasteiger partial charge in [-0.1, -0.05) is 250 Å². The number of hydrogen-bond acceptors (Lipinski definition) is 5. The zero-order chi connectivity index (χ0) is 47.1. The van der Waals surface area contributed by atoms with Crippen LogP contribution >= 0.6 is 7.82 Å². The Morgan fingerprint density at radius 2 is 0.922 bits per heavy atom. The van der Waals surface area contributed by atoms with Gasteiger partial charge in [-0.3, -0.25) is 13.8 Å². The van der Waals surface area contributed by atoms with Gasteiger partial charge in [0.1, 0.15) is 13.2 Å². The zero-order valence-corrected chi connectivity index (χ0v) is 44.2. The molecule has 380 valence electrons. The summed E-state index contributed by atoms with van der Waals surface area (Å²) in [6, 6.07) is -0.766. The highest BCUT2D eigenvalue weighted by Crippen LogP contribution is 2.43. The number of nitrogens with one attached hydrogen (secondary N) is 1. The molecule has 0 aromatic rings. The Hall–Kier alpha value is -1.02. The Kier molecular flexibility index (Phi) is 46.3. The van der Waals surface area contributed by atoms with E-state index in [1.807, 2.05) is 21.1 Å². The van der Waals surface area contributed by atoms with E-state index in [4.69, 9.17) is 9.05 Å². The van der Waals surface area contributed by atoms with Crippen LogP contribution in [-0.2, 0) is 18.4 Å². The minimum Gasteiger partial charge on any atom is -0.391 e. The molecule has 0 heterocycles. The largest absolute Gasteiger partial charge is 0.472 e. The fraction of sp³-hybridized carbons (Fsp3) is 0.909. The molecule has 9 heteroatoms. The van der Waals surface area contributed by atoms with Crippen molar-refractivity contribution in [3.8, 4) is 0 Å². The average molecular weight is 926 g/mol. The number of aliphatic hydroxyl groups is 1. The molecule has 0 fully saturated rings. The van der Waals surface area contributed by atoms with Crippen molar-refractivity contribution in [3.05, 3.63) is 24.3 Å². The van der Waals surface area contributed by atoms with Crippen molar-refractivity contribution in [2.24, 2.45) is 0 Å². The second-order valence-electron chi connectivity index (χ2n) is 20.3. The number of nitrogens with zero attached hydrogens (tertiary/aromatic N) is 1. The maximum absolute atomic E-state index is 12.9. The molecule has 64 heavy (non-hydrogen) atoms. The van der Waals surface area contributed by atoms with Crippen LogP contribution in [0, 0.1) is 0 Å².